The summed E-state index contributed by atoms with van der Waals surface area (Å²) in [7, 11) is 1.50. The number of amides is 3. The molecule has 0 unspecified atom stereocenters. The van der Waals surface area contributed by atoms with Crippen molar-refractivity contribution < 1.29 is 23.5 Å². The zero-order valence-electron chi connectivity index (χ0n) is 16.9. The van der Waals surface area contributed by atoms with E-state index in [0.29, 0.717) is 11.4 Å². The monoisotopic (exact) mass is 459 g/mol. The fourth-order valence-corrected chi connectivity index (χ4v) is 3.12. The molecule has 2 aromatic carbocycles. The number of nitrogens with two attached hydrogens (primary N) is 1. The third-order valence-electron chi connectivity index (χ3n) is 4.39. The Morgan fingerprint density at radius 3 is 2.50 bits per heavy atom. The van der Waals surface area contributed by atoms with E-state index in [-0.39, 0.29) is 35.1 Å². The number of hydrogen-bond acceptors (Lipinski definition) is 5. The van der Waals surface area contributed by atoms with Crippen molar-refractivity contribution in [3.8, 4) is 5.69 Å². The predicted molar refractivity (Wildman–Crippen MR) is 116 cm³/mol. The van der Waals surface area contributed by atoms with E-state index in [0.717, 1.165) is 12.1 Å². The lowest BCUT2D eigenvalue weighted by Gasteiger charge is -2.11. The van der Waals surface area contributed by atoms with Crippen molar-refractivity contribution in [1.29, 1.82) is 0 Å². The van der Waals surface area contributed by atoms with E-state index in [9.17, 15) is 18.8 Å². The number of carbonyl (C=O) groups excluding carboxylic acids is 3. The van der Waals surface area contributed by atoms with Crippen molar-refractivity contribution in [1.82, 2.24) is 14.9 Å². The van der Waals surface area contributed by atoms with Crippen LogP contribution in [0.5, 0.6) is 0 Å². The normalized spacial score (nSPS) is 10.6. The Balaban J connectivity index is 1.83. The van der Waals surface area contributed by atoms with Gasteiger partial charge in [0.15, 0.2) is 5.69 Å². The van der Waals surface area contributed by atoms with Gasteiger partial charge in [-0.25, -0.2) is 9.37 Å². The molecule has 0 aliphatic heterocycles. The number of methoxy groups -OCH3 is 1. The molecule has 0 saturated heterocycles. The maximum Gasteiger partial charge on any atom is 0.270 e. The minimum Gasteiger partial charge on any atom is -0.383 e. The number of imidazole rings is 1. The van der Waals surface area contributed by atoms with Crippen LogP contribution in [0.1, 0.15) is 31.3 Å². The Morgan fingerprint density at radius 2 is 1.88 bits per heavy atom. The average Bonchev–Trinajstić information content (AvgIpc) is 3.20. The van der Waals surface area contributed by atoms with E-state index in [1.54, 1.807) is 24.3 Å². The zero-order valence-corrected chi connectivity index (χ0v) is 17.6. The molecule has 0 atom stereocenters. The topological polar surface area (TPSA) is 128 Å². The summed E-state index contributed by atoms with van der Waals surface area (Å²) in [5, 5.41) is 5.27. The number of nitrogens with one attached hydrogen (secondary N) is 2. The number of rotatable bonds is 8. The summed E-state index contributed by atoms with van der Waals surface area (Å²) in [5.41, 5.74) is 6.20. The number of ether oxygens (including phenoxy) is 1. The molecule has 4 N–H and O–H groups in total. The van der Waals surface area contributed by atoms with Gasteiger partial charge in [0, 0.05) is 25.0 Å². The summed E-state index contributed by atoms with van der Waals surface area (Å²) in [6, 6.07) is 9.86. The summed E-state index contributed by atoms with van der Waals surface area (Å²) in [4.78, 5) is 40.7. The molecule has 166 valence electrons. The molecule has 1 aromatic heterocycles. The molecule has 3 amide bonds. The Labute approximate surface area is 187 Å². The van der Waals surface area contributed by atoms with Gasteiger partial charge in [-0.2, -0.15) is 0 Å². The Morgan fingerprint density at radius 1 is 1.16 bits per heavy atom. The number of carbonyl (C=O) groups is 3. The molecule has 3 aromatic rings. The Kier molecular flexibility index (Phi) is 7.18. The van der Waals surface area contributed by atoms with Gasteiger partial charge in [0.2, 0.25) is 0 Å². The van der Waals surface area contributed by atoms with E-state index in [4.69, 9.17) is 22.1 Å². The molecule has 0 saturated carbocycles. The van der Waals surface area contributed by atoms with Crippen molar-refractivity contribution in [2.75, 3.05) is 25.6 Å². The summed E-state index contributed by atoms with van der Waals surface area (Å²) in [6.45, 7) is 0.522. The van der Waals surface area contributed by atoms with Crippen molar-refractivity contribution in [3.63, 3.8) is 0 Å². The second kappa shape index (κ2) is 10.0. The van der Waals surface area contributed by atoms with Crippen molar-refractivity contribution in [3.05, 3.63) is 76.6 Å². The molecule has 0 fully saturated rings. The lowest BCUT2D eigenvalue weighted by molar-refractivity contribution is 0.0915. The molecule has 3 rings (SSSR count). The number of anilines is 1. The number of aromatic nitrogens is 2. The summed E-state index contributed by atoms with van der Waals surface area (Å²) in [6.07, 6.45) is 1.30. The van der Waals surface area contributed by atoms with Gasteiger partial charge in [-0.1, -0.05) is 11.6 Å². The predicted octanol–water partition coefficient (Wildman–Crippen LogP) is 2.39. The lowest BCUT2D eigenvalue weighted by Crippen LogP contribution is -2.31. The van der Waals surface area contributed by atoms with Crippen molar-refractivity contribution in [2.24, 2.45) is 5.73 Å². The van der Waals surface area contributed by atoms with Gasteiger partial charge < -0.3 is 21.1 Å². The largest absolute Gasteiger partial charge is 0.383 e. The van der Waals surface area contributed by atoms with E-state index < -0.39 is 23.5 Å². The van der Waals surface area contributed by atoms with Crippen LogP contribution in [0, 0.1) is 5.82 Å². The highest BCUT2D eigenvalue weighted by Crippen LogP contribution is 2.21. The molecular weight excluding hydrogens is 441 g/mol. The number of benzene rings is 2. The molecule has 1 heterocycles. The number of halogens is 2. The lowest BCUT2D eigenvalue weighted by atomic mass is 10.2. The number of primary amides is 1. The smallest absolute Gasteiger partial charge is 0.270 e. The van der Waals surface area contributed by atoms with Gasteiger partial charge in [-0.3, -0.25) is 19.0 Å². The van der Waals surface area contributed by atoms with E-state index >= 15 is 0 Å². The average molecular weight is 460 g/mol. The molecular formula is C21H19ClFN5O4. The Bertz CT molecular complexity index is 1160. The first-order valence-corrected chi connectivity index (χ1v) is 9.70. The zero-order chi connectivity index (χ0) is 23.3. The van der Waals surface area contributed by atoms with Crippen LogP contribution in [0.25, 0.3) is 5.69 Å². The SMILES string of the molecule is COCCNC(=O)c1c(C(N)=O)ncn1-c1ccc(NC(=O)c2ccc(F)cc2Cl)cc1. The van der Waals surface area contributed by atoms with Crippen LogP contribution >= 0.6 is 11.6 Å². The van der Waals surface area contributed by atoms with Crippen LogP contribution < -0.4 is 16.4 Å². The molecule has 0 radical (unpaired) electrons. The molecule has 11 heteroatoms. The van der Waals surface area contributed by atoms with Crippen molar-refractivity contribution in [2.45, 2.75) is 0 Å². The first kappa shape index (κ1) is 22.9. The number of hydrogen-bond donors (Lipinski definition) is 3. The van der Waals surface area contributed by atoms with Crippen LogP contribution in [-0.2, 0) is 4.74 Å². The fraction of sp³-hybridized carbons (Fsp3) is 0.143. The van der Waals surface area contributed by atoms with Gasteiger partial charge in [0.05, 0.1) is 17.2 Å². The van der Waals surface area contributed by atoms with Crippen LogP contribution in [0.15, 0.2) is 48.8 Å². The summed E-state index contributed by atoms with van der Waals surface area (Å²) < 4.78 is 19.5. The van der Waals surface area contributed by atoms with Gasteiger partial charge >= 0.3 is 0 Å². The maximum absolute atomic E-state index is 13.2. The molecule has 0 aliphatic rings. The minimum absolute atomic E-state index is 0.0133. The third kappa shape index (κ3) is 5.10. The van der Waals surface area contributed by atoms with Crippen LogP contribution in [-0.4, -0.2) is 47.5 Å². The molecule has 0 aliphatic carbocycles. The van der Waals surface area contributed by atoms with Gasteiger partial charge in [-0.15, -0.1) is 0 Å². The van der Waals surface area contributed by atoms with Crippen LogP contribution in [0.3, 0.4) is 0 Å². The molecule has 0 spiro atoms. The van der Waals surface area contributed by atoms with Gasteiger partial charge in [-0.05, 0) is 42.5 Å². The Hall–Kier alpha value is -3.76. The molecule has 0 bridgehead atoms. The van der Waals surface area contributed by atoms with Crippen LogP contribution in [0.4, 0.5) is 10.1 Å². The van der Waals surface area contributed by atoms with E-state index in [2.05, 4.69) is 15.6 Å². The molecule has 32 heavy (non-hydrogen) atoms. The summed E-state index contributed by atoms with van der Waals surface area (Å²) >= 11 is 5.92. The quantitative estimate of drug-likeness (QED) is 0.445. The molecule has 9 nitrogen and oxygen atoms in total. The second-order valence-electron chi connectivity index (χ2n) is 6.55. The van der Waals surface area contributed by atoms with Crippen molar-refractivity contribution >= 4 is 35.0 Å². The van der Waals surface area contributed by atoms with Gasteiger partial charge in [0.25, 0.3) is 17.7 Å². The first-order valence-electron chi connectivity index (χ1n) is 9.33. The number of nitrogens with zero attached hydrogens (tertiary/aromatic N) is 2. The van der Waals surface area contributed by atoms with Gasteiger partial charge in [0.1, 0.15) is 17.8 Å². The van der Waals surface area contributed by atoms with E-state index in [1.807, 2.05) is 0 Å². The standard InChI is InChI=1S/C21H19ClFN5O4/c1-32-9-8-25-21(31)18-17(19(24)29)26-11-28(18)14-5-3-13(4-6-14)27-20(30)15-7-2-12(23)10-16(15)22/h2-7,10-11H,8-9H2,1H3,(H2,24,29)(H,25,31)(H,27,30). The van der Waals surface area contributed by atoms with E-state index in [1.165, 1.54) is 24.1 Å². The highest BCUT2D eigenvalue weighted by molar-refractivity contribution is 6.34. The van der Waals surface area contributed by atoms with Crippen LogP contribution in [0.2, 0.25) is 5.02 Å². The maximum atomic E-state index is 13.2. The first-order chi connectivity index (χ1) is 15.3. The fourth-order valence-electron chi connectivity index (χ4n) is 2.87. The minimum atomic E-state index is -0.847. The highest BCUT2D eigenvalue weighted by atomic mass is 35.5. The third-order valence-corrected chi connectivity index (χ3v) is 4.70. The second-order valence-corrected chi connectivity index (χ2v) is 6.96. The summed E-state index contributed by atoms with van der Waals surface area (Å²) in [5.74, 6) is -2.45. The highest BCUT2D eigenvalue weighted by Gasteiger charge is 2.23.